The van der Waals surface area contributed by atoms with E-state index in [1.165, 1.54) is 20.0 Å². The summed E-state index contributed by atoms with van der Waals surface area (Å²) in [6, 6.07) is 7.79. The molecule has 0 saturated heterocycles. The minimum absolute atomic E-state index is 0.0550. The monoisotopic (exact) mass is 772 g/mol. The molecule has 2 aromatic rings. The number of nitrogens with one attached hydrogen (secondary N) is 1. The lowest BCUT2D eigenvalue weighted by Gasteiger charge is -2.41. The molecule has 5 rings (SSSR count). The van der Waals surface area contributed by atoms with Crippen molar-refractivity contribution in [2.24, 2.45) is 17.8 Å². The maximum atomic E-state index is 14.2. The van der Waals surface area contributed by atoms with Gasteiger partial charge in [0.05, 0.1) is 40.0 Å². The Morgan fingerprint density at radius 2 is 1.89 bits per heavy atom. The van der Waals surface area contributed by atoms with Crippen LogP contribution in [0.25, 0.3) is 0 Å². The van der Waals surface area contributed by atoms with Crippen LogP contribution < -0.4 is 14.8 Å². The third-order valence-corrected chi connectivity index (χ3v) is 10.9. The molecule has 2 aromatic carbocycles. The first-order valence-corrected chi connectivity index (χ1v) is 17.1. The van der Waals surface area contributed by atoms with Gasteiger partial charge in [-0.1, -0.05) is 35.7 Å². The van der Waals surface area contributed by atoms with Gasteiger partial charge in [0.2, 0.25) is 11.8 Å². The summed E-state index contributed by atoms with van der Waals surface area (Å²) in [6.45, 7) is -0.213. The zero-order valence-corrected chi connectivity index (χ0v) is 28.7. The summed E-state index contributed by atoms with van der Waals surface area (Å²) in [5.74, 6) is 1.69. The highest BCUT2D eigenvalue weighted by Gasteiger charge is 2.44. The van der Waals surface area contributed by atoms with Gasteiger partial charge in [0.15, 0.2) is 11.5 Å². The quantitative estimate of drug-likeness (QED) is 0.227. The SMILES string of the molecule is COc1cc(CO)cc(I)c1O[C@H]1C=C(C(=O)NCCO)C[C@@H](N(Cc2ccc(Cl)c(Cl)c2)C(=O)CC2CC3CCC2C3)[C@@H]1O. The standard InChI is InChI=1S/C33H39Cl2IN2O7/c1-44-29-12-20(17-40)11-26(36)32(29)45-28-14-23(33(43)37-6-7-39)13-27(31(28)42)38(16-19-3-5-24(34)25(35)10-19)30(41)15-22-9-18-2-4-21(22)8-18/h3,5,10-12,14,18,21-22,27-28,31,39-40,42H,2,4,6-9,13,15-17H2,1H3,(H,37,43)/t18?,21?,22?,27-,28+,31+/m1/s1. The van der Waals surface area contributed by atoms with Crippen molar-refractivity contribution < 1.29 is 34.4 Å². The van der Waals surface area contributed by atoms with Crippen LogP contribution in [-0.4, -0.2) is 70.5 Å². The number of methoxy groups -OCH3 is 1. The molecule has 0 heterocycles. The van der Waals surface area contributed by atoms with E-state index in [-0.39, 0.29) is 38.6 Å². The summed E-state index contributed by atoms with van der Waals surface area (Å²) in [4.78, 5) is 29.2. The topological polar surface area (TPSA) is 129 Å². The minimum atomic E-state index is -1.20. The molecule has 6 atom stereocenters. The second-order valence-corrected chi connectivity index (χ2v) is 14.2. The van der Waals surface area contributed by atoms with Crippen molar-refractivity contribution in [3.05, 3.63) is 66.7 Å². The molecule has 3 aliphatic carbocycles. The molecular formula is C33H39Cl2IN2O7. The first kappa shape index (κ1) is 34.3. The molecule has 0 aliphatic heterocycles. The Labute approximate surface area is 287 Å². The maximum absolute atomic E-state index is 14.2. The number of amides is 2. The lowest BCUT2D eigenvalue weighted by molar-refractivity contribution is -0.141. The highest BCUT2D eigenvalue weighted by Crippen LogP contribution is 2.50. The summed E-state index contributed by atoms with van der Waals surface area (Å²) >= 11 is 14.6. The number of nitrogens with zero attached hydrogens (tertiary/aromatic N) is 1. The number of hydrogen-bond acceptors (Lipinski definition) is 7. The van der Waals surface area contributed by atoms with E-state index >= 15 is 0 Å². The van der Waals surface area contributed by atoms with Crippen molar-refractivity contribution in [2.75, 3.05) is 20.3 Å². The summed E-state index contributed by atoms with van der Waals surface area (Å²) < 4.78 is 12.6. The van der Waals surface area contributed by atoms with Gasteiger partial charge in [-0.05, 0) is 101 Å². The molecule has 0 radical (unpaired) electrons. The molecule has 4 N–H and O–H groups in total. The summed E-state index contributed by atoms with van der Waals surface area (Å²) in [6.07, 6.45) is 4.36. The Balaban J connectivity index is 1.50. The Morgan fingerprint density at radius 3 is 2.53 bits per heavy atom. The van der Waals surface area contributed by atoms with Gasteiger partial charge in [-0.3, -0.25) is 9.59 Å². The molecule has 2 fully saturated rings. The van der Waals surface area contributed by atoms with Crippen LogP contribution in [0.15, 0.2) is 42.0 Å². The van der Waals surface area contributed by atoms with Crippen molar-refractivity contribution in [1.82, 2.24) is 10.2 Å². The van der Waals surface area contributed by atoms with Gasteiger partial charge >= 0.3 is 0 Å². The van der Waals surface area contributed by atoms with Crippen LogP contribution in [-0.2, 0) is 22.7 Å². The smallest absolute Gasteiger partial charge is 0.247 e. The minimum Gasteiger partial charge on any atom is -0.493 e. The van der Waals surface area contributed by atoms with Crippen LogP contribution >= 0.6 is 45.8 Å². The number of aliphatic hydroxyl groups is 3. The Morgan fingerprint density at radius 1 is 1.09 bits per heavy atom. The van der Waals surface area contributed by atoms with Crippen molar-refractivity contribution in [2.45, 2.75) is 69.9 Å². The average molecular weight is 773 g/mol. The normalized spacial score (nSPS) is 25.5. The van der Waals surface area contributed by atoms with Crippen molar-refractivity contribution in [1.29, 1.82) is 0 Å². The third-order valence-electron chi connectivity index (χ3n) is 9.32. The number of benzene rings is 2. The van der Waals surface area contributed by atoms with Gasteiger partial charge in [0.1, 0.15) is 12.2 Å². The fraction of sp³-hybridized carbons (Fsp3) is 0.515. The molecule has 3 unspecified atom stereocenters. The average Bonchev–Trinajstić information content (AvgIpc) is 3.65. The number of aliphatic hydroxyl groups excluding tert-OH is 3. The lowest BCUT2D eigenvalue weighted by Crippen LogP contribution is -2.55. The summed E-state index contributed by atoms with van der Waals surface area (Å²) in [5, 5.41) is 34.4. The first-order valence-electron chi connectivity index (χ1n) is 15.3. The van der Waals surface area contributed by atoms with Gasteiger partial charge < -0.3 is 35.0 Å². The van der Waals surface area contributed by atoms with E-state index in [0.717, 1.165) is 18.4 Å². The molecule has 2 bridgehead atoms. The van der Waals surface area contributed by atoms with E-state index in [1.807, 2.05) is 0 Å². The molecule has 2 amide bonds. The number of carbonyl (C=O) groups is 2. The molecular weight excluding hydrogens is 734 g/mol. The highest BCUT2D eigenvalue weighted by molar-refractivity contribution is 14.1. The second-order valence-electron chi connectivity index (χ2n) is 12.2. The summed E-state index contributed by atoms with van der Waals surface area (Å²) in [5.41, 5.74) is 1.70. The van der Waals surface area contributed by atoms with E-state index in [9.17, 15) is 24.9 Å². The van der Waals surface area contributed by atoms with Gasteiger partial charge in [0.25, 0.3) is 0 Å². The number of halogens is 3. The fourth-order valence-corrected chi connectivity index (χ4v) is 8.20. The van der Waals surface area contributed by atoms with Crippen LogP contribution in [0.1, 0.15) is 49.7 Å². The zero-order chi connectivity index (χ0) is 32.2. The molecule has 12 heteroatoms. The Kier molecular flexibility index (Phi) is 11.6. The van der Waals surface area contributed by atoms with Crippen molar-refractivity contribution in [3.63, 3.8) is 0 Å². The predicted octanol–water partition coefficient (Wildman–Crippen LogP) is 4.87. The molecule has 3 aliphatic rings. The van der Waals surface area contributed by atoms with Crippen LogP contribution in [0.4, 0.5) is 0 Å². The number of rotatable bonds is 12. The maximum Gasteiger partial charge on any atom is 0.247 e. The van der Waals surface area contributed by atoms with Gasteiger partial charge in [0, 0.05) is 31.5 Å². The van der Waals surface area contributed by atoms with Gasteiger partial charge in [-0.25, -0.2) is 0 Å². The number of carbonyl (C=O) groups excluding carboxylic acids is 2. The van der Waals surface area contributed by atoms with E-state index in [1.54, 1.807) is 41.3 Å². The molecule has 0 spiro atoms. The zero-order valence-electron chi connectivity index (χ0n) is 25.1. The van der Waals surface area contributed by atoms with Crippen LogP contribution in [0, 0.1) is 21.3 Å². The number of fused-ring (bicyclic) bond motifs is 2. The Bertz CT molecular complexity index is 1440. The summed E-state index contributed by atoms with van der Waals surface area (Å²) in [7, 11) is 1.48. The lowest BCUT2D eigenvalue weighted by atomic mass is 9.84. The Hall–Kier alpha value is -2.09. The van der Waals surface area contributed by atoms with Gasteiger partial charge in [-0.2, -0.15) is 0 Å². The predicted molar refractivity (Wildman–Crippen MR) is 179 cm³/mol. The van der Waals surface area contributed by atoms with Crippen LogP contribution in [0.2, 0.25) is 10.0 Å². The van der Waals surface area contributed by atoms with Crippen molar-refractivity contribution >= 4 is 57.6 Å². The molecule has 9 nitrogen and oxygen atoms in total. The van der Waals surface area contributed by atoms with Gasteiger partial charge in [-0.15, -0.1) is 0 Å². The van der Waals surface area contributed by atoms with E-state index in [4.69, 9.17) is 32.7 Å². The molecule has 45 heavy (non-hydrogen) atoms. The molecule has 244 valence electrons. The largest absolute Gasteiger partial charge is 0.493 e. The van der Waals surface area contributed by atoms with Crippen LogP contribution in [0.5, 0.6) is 11.5 Å². The third kappa shape index (κ3) is 7.90. The first-order chi connectivity index (χ1) is 21.6. The number of ether oxygens (including phenoxy) is 2. The molecule has 2 saturated carbocycles. The van der Waals surface area contributed by atoms with E-state index in [0.29, 0.717) is 60.4 Å². The van der Waals surface area contributed by atoms with E-state index < -0.39 is 24.2 Å². The van der Waals surface area contributed by atoms with Crippen LogP contribution in [0.3, 0.4) is 0 Å². The fourth-order valence-electron chi connectivity index (χ4n) is 7.09. The second kappa shape index (κ2) is 15.2. The molecule has 0 aromatic heterocycles. The number of hydrogen-bond donors (Lipinski definition) is 4. The van der Waals surface area contributed by atoms with Crippen molar-refractivity contribution in [3.8, 4) is 11.5 Å². The highest BCUT2D eigenvalue weighted by atomic mass is 127. The van der Waals surface area contributed by atoms with E-state index in [2.05, 4.69) is 27.9 Å².